The molecule has 0 fully saturated rings. The summed E-state index contributed by atoms with van der Waals surface area (Å²) in [5.41, 5.74) is 2.70. The number of fused-ring (bicyclic) bond motifs is 1. The van der Waals surface area contributed by atoms with Gasteiger partial charge in [0.2, 0.25) is 0 Å². The second-order valence-electron chi connectivity index (χ2n) is 4.47. The molecule has 0 saturated carbocycles. The Kier molecular flexibility index (Phi) is 4.37. The normalized spacial score (nSPS) is 14.3. The molecule has 2 rings (SSSR count). The van der Waals surface area contributed by atoms with Crippen LogP contribution in [0.25, 0.3) is 0 Å². The van der Waals surface area contributed by atoms with Crippen molar-refractivity contribution in [3.8, 4) is 0 Å². The Hall–Kier alpha value is -1.09. The van der Waals surface area contributed by atoms with E-state index in [0.29, 0.717) is 0 Å². The number of nitrogens with zero attached hydrogens (tertiary/aromatic N) is 1. The molecule has 2 nitrogen and oxygen atoms in total. The molecule has 0 bridgehead atoms. The van der Waals surface area contributed by atoms with Crippen LogP contribution in [0.4, 0.5) is 5.69 Å². The molecule has 0 amide bonds. The smallest absolute Gasteiger partial charge is 0.173 e. The van der Waals surface area contributed by atoms with Crippen molar-refractivity contribution >= 4 is 23.0 Å². The Morgan fingerprint density at radius 1 is 1.41 bits per heavy atom. The number of anilines is 1. The summed E-state index contributed by atoms with van der Waals surface area (Å²) in [6.45, 7) is 4.21. The molecular formula is C14H20N2S. The summed E-state index contributed by atoms with van der Waals surface area (Å²) >= 11 is 5.48. The fourth-order valence-corrected chi connectivity index (χ4v) is 2.50. The van der Waals surface area contributed by atoms with Crippen LogP contribution in [-0.2, 0) is 6.42 Å². The molecule has 0 spiro atoms. The van der Waals surface area contributed by atoms with E-state index >= 15 is 0 Å². The second-order valence-corrected chi connectivity index (χ2v) is 4.86. The lowest BCUT2D eigenvalue weighted by Crippen LogP contribution is -2.42. The maximum atomic E-state index is 5.48. The van der Waals surface area contributed by atoms with Crippen molar-refractivity contribution in [2.75, 3.05) is 18.0 Å². The minimum atomic E-state index is 0.880. The molecule has 1 aromatic rings. The van der Waals surface area contributed by atoms with E-state index in [1.165, 1.54) is 36.9 Å². The summed E-state index contributed by atoms with van der Waals surface area (Å²) < 4.78 is 0. The van der Waals surface area contributed by atoms with Gasteiger partial charge in [-0.15, -0.1) is 0 Å². The third kappa shape index (κ3) is 2.97. The summed E-state index contributed by atoms with van der Waals surface area (Å²) in [4.78, 5) is 2.24. The van der Waals surface area contributed by atoms with Gasteiger partial charge in [-0.3, -0.25) is 0 Å². The van der Waals surface area contributed by atoms with Crippen LogP contribution in [0.3, 0.4) is 0 Å². The Morgan fingerprint density at radius 3 is 3.06 bits per heavy atom. The van der Waals surface area contributed by atoms with E-state index in [1.807, 2.05) is 0 Å². The first-order valence-corrected chi connectivity index (χ1v) is 6.87. The fourth-order valence-electron chi connectivity index (χ4n) is 2.21. The van der Waals surface area contributed by atoms with Crippen molar-refractivity contribution in [2.24, 2.45) is 0 Å². The van der Waals surface area contributed by atoms with E-state index < -0.39 is 0 Å². The number of aryl methyl sites for hydroxylation is 1. The van der Waals surface area contributed by atoms with Gasteiger partial charge >= 0.3 is 0 Å². The molecule has 17 heavy (non-hydrogen) atoms. The van der Waals surface area contributed by atoms with E-state index in [4.69, 9.17) is 12.2 Å². The molecule has 0 radical (unpaired) electrons. The highest BCUT2D eigenvalue weighted by molar-refractivity contribution is 7.80. The molecule has 92 valence electrons. The first-order chi connectivity index (χ1) is 8.33. The van der Waals surface area contributed by atoms with Crippen LogP contribution in [0.1, 0.15) is 31.7 Å². The monoisotopic (exact) mass is 248 g/mol. The number of hydrogen-bond donors (Lipinski definition) is 1. The van der Waals surface area contributed by atoms with Crippen LogP contribution < -0.4 is 10.2 Å². The van der Waals surface area contributed by atoms with Gasteiger partial charge in [0, 0.05) is 18.8 Å². The minimum Gasteiger partial charge on any atom is -0.362 e. The second kappa shape index (κ2) is 6.01. The van der Waals surface area contributed by atoms with Crippen molar-refractivity contribution in [3.63, 3.8) is 0 Å². The zero-order valence-electron chi connectivity index (χ0n) is 10.4. The molecule has 0 aromatic heterocycles. The third-order valence-electron chi connectivity index (χ3n) is 3.16. The number of para-hydroxylation sites is 1. The van der Waals surface area contributed by atoms with Crippen LogP contribution in [0.2, 0.25) is 0 Å². The van der Waals surface area contributed by atoms with Crippen molar-refractivity contribution in [1.29, 1.82) is 0 Å². The zero-order valence-corrected chi connectivity index (χ0v) is 11.2. The molecule has 1 aliphatic heterocycles. The SMILES string of the molecule is CCCCNC(=S)N1CCCc2ccccc21. The summed E-state index contributed by atoms with van der Waals surface area (Å²) in [6.07, 6.45) is 4.73. The van der Waals surface area contributed by atoms with Gasteiger partial charge in [-0.2, -0.15) is 0 Å². The molecule has 1 aromatic carbocycles. The Morgan fingerprint density at radius 2 is 2.24 bits per heavy atom. The Bertz CT molecular complexity index is 390. The Labute approximate surface area is 109 Å². The number of nitrogens with one attached hydrogen (secondary N) is 1. The van der Waals surface area contributed by atoms with E-state index in [0.717, 1.165) is 18.2 Å². The van der Waals surface area contributed by atoms with Gasteiger partial charge in [0.1, 0.15) is 0 Å². The zero-order chi connectivity index (χ0) is 12.1. The summed E-state index contributed by atoms with van der Waals surface area (Å²) in [6, 6.07) is 8.57. The van der Waals surface area contributed by atoms with Gasteiger partial charge in [0.25, 0.3) is 0 Å². The molecule has 0 atom stereocenters. The van der Waals surface area contributed by atoms with Crippen LogP contribution in [0.15, 0.2) is 24.3 Å². The molecule has 0 unspecified atom stereocenters. The van der Waals surface area contributed by atoms with Gasteiger partial charge in [-0.1, -0.05) is 31.5 Å². The van der Waals surface area contributed by atoms with Crippen molar-refractivity contribution < 1.29 is 0 Å². The van der Waals surface area contributed by atoms with Crippen LogP contribution >= 0.6 is 12.2 Å². The molecule has 0 saturated heterocycles. The Balaban J connectivity index is 2.05. The highest BCUT2D eigenvalue weighted by atomic mass is 32.1. The van der Waals surface area contributed by atoms with Gasteiger partial charge in [-0.05, 0) is 43.1 Å². The number of rotatable bonds is 3. The highest BCUT2D eigenvalue weighted by Gasteiger charge is 2.18. The van der Waals surface area contributed by atoms with E-state index in [2.05, 4.69) is 41.4 Å². The van der Waals surface area contributed by atoms with Crippen LogP contribution in [0.5, 0.6) is 0 Å². The summed E-state index contributed by atoms with van der Waals surface area (Å²) in [7, 11) is 0. The first kappa shape index (κ1) is 12.4. The highest BCUT2D eigenvalue weighted by Crippen LogP contribution is 2.26. The summed E-state index contributed by atoms with van der Waals surface area (Å²) in [5.74, 6) is 0. The lowest BCUT2D eigenvalue weighted by Gasteiger charge is -2.31. The number of thiocarbonyl (C=S) groups is 1. The number of unbranched alkanes of at least 4 members (excludes halogenated alkanes) is 1. The lowest BCUT2D eigenvalue weighted by atomic mass is 10.0. The van der Waals surface area contributed by atoms with E-state index in [-0.39, 0.29) is 0 Å². The van der Waals surface area contributed by atoms with E-state index in [9.17, 15) is 0 Å². The van der Waals surface area contributed by atoms with Gasteiger partial charge < -0.3 is 10.2 Å². The van der Waals surface area contributed by atoms with E-state index in [1.54, 1.807) is 0 Å². The van der Waals surface area contributed by atoms with Gasteiger partial charge in [-0.25, -0.2) is 0 Å². The average Bonchev–Trinajstić information content (AvgIpc) is 2.38. The molecule has 3 heteroatoms. The van der Waals surface area contributed by atoms with Gasteiger partial charge in [0.05, 0.1) is 0 Å². The number of hydrogen-bond acceptors (Lipinski definition) is 1. The summed E-state index contributed by atoms with van der Waals surface area (Å²) in [5, 5.41) is 4.23. The van der Waals surface area contributed by atoms with Crippen LogP contribution in [0, 0.1) is 0 Å². The largest absolute Gasteiger partial charge is 0.362 e. The molecular weight excluding hydrogens is 228 g/mol. The lowest BCUT2D eigenvalue weighted by molar-refractivity contribution is 0.731. The maximum absolute atomic E-state index is 5.48. The molecule has 0 aliphatic carbocycles. The van der Waals surface area contributed by atoms with Crippen molar-refractivity contribution in [2.45, 2.75) is 32.6 Å². The van der Waals surface area contributed by atoms with Crippen molar-refractivity contribution in [3.05, 3.63) is 29.8 Å². The third-order valence-corrected chi connectivity index (χ3v) is 3.53. The number of benzene rings is 1. The average molecular weight is 248 g/mol. The maximum Gasteiger partial charge on any atom is 0.173 e. The quantitative estimate of drug-likeness (QED) is 0.653. The molecule has 1 aliphatic rings. The molecule has 1 N–H and O–H groups in total. The first-order valence-electron chi connectivity index (χ1n) is 6.46. The fraction of sp³-hybridized carbons (Fsp3) is 0.500. The predicted molar refractivity (Wildman–Crippen MR) is 77.6 cm³/mol. The standard InChI is InChI=1S/C14H20N2S/c1-2-3-10-15-14(17)16-11-6-8-12-7-4-5-9-13(12)16/h4-5,7,9H,2-3,6,8,10-11H2,1H3,(H,15,17). The predicted octanol–water partition coefficient (Wildman–Crippen LogP) is 3.11. The van der Waals surface area contributed by atoms with Crippen LogP contribution in [-0.4, -0.2) is 18.2 Å². The van der Waals surface area contributed by atoms with Crippen molar-refractivity contribution in [1.82, 2.24) is 5.32 Å². The topological polar surface area (TPSA) is 15.3 Å². The minimum absolute atomic E-state index is 0.880. The molecule has 1 heterocycles. The van der Waals surface area contributed by atoms with Gasteiger partial charge in [0.15, 0.2) is 5.11 Å².